The molecule has 1 amide bonds. The molecule has 2 aromatic heterocycles. The highest BCUT2D eigenvalue weighted by Gasteiger charge is 2.20. The highest BCUT2D eigenvalue weighted by atomic mass is 16.3. The van der Waals surface area contributed by atoms with E-state index in [0.29, 0.717) is 18.8 Å². The number of anilines is 1. The van der Waals surface area contributed by atoms with Gasteiger partial charge in [-0.1, -0.05) is 0 Å². The number of hydrogen-bond acceptors (Lipinski definition) is 5. The molecule has 3 heterocycles. The highest BCUT2D eigenvalue weighted by Crippen LogP contribution is 2.11. The minimum absolute atomic E-state index is 0.00248. The molecule has 0 bridgehead atoms. The molecule has 0 aliphatic carbocycles. The zero-order valence-corrected chi connectivity index (χ0v) is 12.5. The van der Waals surface area contributed by atoms with E-state index in [1.54, 1.807) is 30.6 Å². The first-order valence-corrected chi connectivity index (χ1v) is 7.28. The van der Waals surface area contributed by atoms with Crippen molar-refractivity contribution in [3.63, 3.8) is 0 Å². The number of piperazine rings is 1. The van der Waals surface area contributed by atoms with Gasteiger partial charge < -0.3 is 14.2 Å². The molecule has 0 atom stereocenters. The summed E-state index contributed by atoms with van der Waals surface area (Å²) in [6, 6.07) is 5.52. The molecule has 0 aromatic carbocycles. The maximum Gasteiger partial charge on any atom is 0.246 e. The van der Waals surface area contributed by atoms with Crippen LogP contribution < -0.4 is 4.90 Å². The third-order valence-electron chi connectivity index (χ3n) is 3.58. The van der Waals surface area contributed by atoms with Crippen molar-refractivity contribution in [3.05, 3.63) is 48.2 Å². The van der Waals surface area contributed by atoms with Gasteiger partial charge in [0.05, 0.1) is 0 Å². The van der Waals surface area contributed by atoms with Crippen LogP contribution in [0.1, 0.15) is 11.5 Å². The molecule has 1 fully saturated rings. The van der Waals surface area contributed by atoms with Crippen LogP contribution in [0.15, 0.2) is 41.1 Å². The first-order valence-electron chi connectivity index (χ1n) is 7.28. The summed E-state index contributed by atoms with van der Waals surface area (Å²) in [6.45, 7) is 4.69. The Labute approximate surface area is 129 Å². The molecule has 114 valence electrons. The Morgan fingerprint density at radius 2 is 1.91 bits per heavy atom. The van der Waals surface area contributed by atoms with Crippen molar-refractivity contribution >= 4 is 17.9 Å². The molecule has 0 radical (unpaired) electrons. The molecular formula is C16H18N4O2. The Morgan fingerprint density at radius 1 is 1.18 bits per heavy atom. The van der Waals surface area contributed by atoms with Gasteiger partial charge in [-0.3, -0.25) is 4.79 Å². The predicted molar refractivity (Wildman–Crippen MR) is 83.3 cm³/mol. The van der Waals surface area contributed by atoms with E-state index < -0.39 is 0 Å². The minimum atomic E-state index is 0.00248. The lowest BCUT2D eigenvalue weighted by Crippen LogP contribution is -2.48. The summed E-state index contributed by atoms with van der Waals surface area (Å²) < 4.78 is 5.41. The molecule has 1 saturated heterocycles. The number of hydrogen-bond donors (Lipinski definition) is 0. The Hall–Kier alpha value is -2.63. The zero-order valence-electron chi connectivity index (χ0n) is 12.5. The third-order valence-corrected chi connectivity index (χ3v) is 3.58. The van der Waals surface area contributed by atoms with Crippen LogP contribution in [0, 0.1) is 6.92 Å². The summed E-state index contributed by atoms with van der Waals surface area (Å²) in [5, 5.41) is 0. The molecule has 0 saturated carbocycles. The Kier molecular flexibility index (Phi) is 4.18. The van der Waals surface area contributed by atoms with E-state index in [9.17, 15) is 4.79 Å². The summed E-state index contributed by atoms with van der Waals surface area (Å²) in [5.41, 5.74) is 0. The number of rotatable bonds is 3. The second kappa shape index (κ2) is 6.43. The van der Waals surface area contributed by atoms with Crippen LogP contribution in [0.5, 0.6) is 0 Å². The van der Waals surface area contributed by atoms with Gasteiger partial charge in [0.25, 0.3) is 0 Å². The van der Waals surface area contributed by atoms with Crippen LogP contribution in [-0.2, 0) is 4.79 Å². The number of aromatic nitrogens is 2. The minimum Gasteiger partial charge on any atom is -0.462 e. The molecule has 22 heavy (non-hydrogen) atoms. The third kappa shape index (κ3) is 3.33. The van der Waals surface area contributed by atoms with Gasteiger partial charge in [0.15, 0.2) is 0 Å². The second-order valence-corrected chi connectivity index (χ2v) is 5.14. The molecule has 6 nitrogen and oxygen atoms in total. The van der Waals surface area contributed by atoms with Crippen molar-refractivity contribution in [2.75, 3.05) is 31.1 Å². The van der Waals surface area contributed by atoms with Gasteiger partial charge in [-0.2, -0.15) is 0 Å². The number of nitrogens with zero attached hydrogens (tertiary/aromatic N) is 4. The Bertz CT molecular complexity index is 658. The molecule has 0 unspecified atom stereocenters. The maximum absolute atomic E-state index is 12.2. The number of carbonyl (C=O) groups is 1. The fourth-order valence-electron chi connectivity index (χ4n) is 2.38. The van der Waals surface area contributed by atoms with Crippen molar-refractivity contribution in [1.29, 1.82) is 0 Å². The van der Waals surface area contributed by atoms with Crippen molar-refractivity contribution in [2.45, 2.75) is 6.92 Å². The van der Waals surface area contributed by atoms with E-state index in [1.807, 2.05) is 24.0 Å². The van der Waals surface area contributed by atoms with Gasteiger partial charge in [0, 0.05) is 44.6 Å². The Balaban J connectivity index is 1.55. The van der Waals surface area contributed by atoms with E-state index in [1.165, 1.54) is 0 Å². The number of amides is 1. The van der Waals surface area contributed by atoms with Crippen molar-refractivity contribution in [3.8, 4) is 0 Å². The van der Waals surface area contributed by atoms with Crippen molar-refractivity contribution in [1.82, 2.24) is 14.9 Å². The topological polar surface area (TPSA) is 62.5 Å². The van der Waals surface area contributed by atoms with Crippen LogP contribution in [0.3, 0.4) is 0 Å². The monoisotopic (exact) mass is 298 g/mol. The van der Waals surface area contributed by atoms with Crippen molar-refractivity contribution in [2.24, 2.45) is 0 Å². The van der Waals surface area contributed by atoms with Crippen LogP contribution in [-0.4, -0.2) is 47.0 Å². The van der Waals surface area contributed by atoms with Crippen molar-refractivity contribution < 1.29 is 9.21 Å². The van der Waals surface area contributed by atoms with Crippen LogP contribution in [0.2, 0.25) is 0 Å². The zero-order chi connectivity index (χ0) is 15.4. The fraction of sp³-hybridized carbons (Fsp3) is 0.312. The number of carbonyl (C=O) groups excluding carboxylic acids is 1. The molecule has 6 heteroatoms. The molecular weight excluding hydrogens is 280 g/mol. The fourth-order valence-corrected chi connectivity index (χ4v) is 2.38. The van der Waals surface area contributed by atoms with Gasteiger partial charge in [-0.25, -0.2) is 9.97 Å². The standard InChI is InChI=1S/C16H18N4O2/c1-13-3-4-14(22-13)5-6-15(21)19-9-11-20(12-10-19)16-17-7-2-8-18-16/h2-8H,9-12H2,1H3/b6-5+. The molecule has 0 spiro atoms. The van der Waals surface area contributed by atoms with E-state index in [0.717, 1.165) is 24.8 Å². The molecule has 2 aromatic rings. The largest absolute Gasteiger partial charge is 0.462 e. The van der Waals surface area contributed by atoms with Crippen LogP contribution in [0.25, 0.3) is 6.08 Å². The summed E-state index contributed by atoms with van der Waals surface area (Å²) in [6.07, 6.45) is 6.73. The second-order valence-electron chi connectivity index (χ2n) is 5.14. The normalized spacial score (nSPS) is 15.5. The lowest BCUT2D eigenvalue weighted by atomic mass is 10.3. The summed E-state index contributed by atoms with van der Waals surface area (Å²) >= 11 is 0. The quantitative estimate of drug-likeness (QED) is 0.808. The smallest absolute Gasteiger partial charge is 0.246 e. The maximum atomic E-state index is 12.2. The summed E-state index contributed by atoms with van der Waals surface area (Å²) in [7, 11) is 0. The van der Waals surface area contributed by atoms with Gasteiger partial charge in [-0.05, 0) is 31.2 Å². The van der Waals surface area contributed by atoms with Crippen LogP contribution >= 0.6 is 0 Å². The van der Waals surface area contributed by atoms with Gasteiger partial charge >= 0.3 is 0 Å². The van der Waals surface area contributed by atoms with E-state index in [2.05, 4.69) is 14.9 Å². The predicted octanol–water partition coefficient (Wildman–Crippen LogP) is 1.74. The van der Waals surface area contributed by atoms with Gasteiger partial charge in [0.1, 0.15) is 11.5 Å². The first-order chi connectivity index (χ1) is 10.7. The highest BCUT2D eigenvalue weighted by molar-refractivity contribution is 5.91. The lowest BCUT2D eigenvalue weighted by Gasteiger charge is -2.34. The Morgan fingerprint density at radius 3 is 2.55 bits per heavy atom. The first kappa shape index (κ1) is 14.3. The molecule has 1 aliphatic heterocycles. The average Bonchev–Trinajstić information content (AvgIpc) is 2.99. The average molecular weight is 298 g/mol. The van der Waals surface area contributed by atoms with E-state index >= 15 is 0 Å². The van der Waals surface area contributed by atoms with Crippen LogP contribution in [0.4, 0.5) is 5.95 Å². The summed E-state index contributed by atoms with van der Waals surface area (Å²) in [4.78, 5) is 24.6. The molecule has 1 aliphatic rings. The molecule has 0 N–H and O–H groups in total. The lowest BCUT2D eigenvalue weighted by molar-refractivity contribution is -0.126. The van der Waals surface area contributed by atoms with Gasteiger partial charge in [-0.15, -0.1) is 0 Å². The van der Waals surface area contributed by atoms with Gasteiger partial charge in [0.2, 0.25) is 11.9 Å². The molecule has 3 rings (SSSR count). The van der Waals surface area contributed by atoms with E-state index in [-0.39, 0.29) is 5.91 Å². The number of furan rings is 1. The number of aryl methyl sites for hydroxylation is 1. The van der Waals surface area contributed by atoms with E-state index in [4.69, 9.17) is 4.42 Å². The SMILES string of the molecule is Cc1ccc(/C=C/C(=O)N2CCN(c3ncccn3)CC2)o1. The summed E-state index contributed by atoms with van der Waals surface area (Å²) in [5.74, 6) is 2.25.